The largest absolute Gasteiger partial charge is 0.459 e. The third-order valence-corrected chi connectivity index (χ3v) is 3.33. The molecule has 1 rings (SSSR count). The van der Waals surface area contributed by atoms with Crippen LogP contribution in [0.15, 0.2) is 12.2 Å². The summed E-state index contributed by atoms with van der Waals surface area (Å²) in [4.78, 5) is 11.3. The summed E-state index contributed by atoms with van der Waals surface area (Å²) in [6.07, 6.45) is 2.03. The van der Waals surface area contributed by atoms with E-state index in [0.29, 0.717) is 16.9 Å². The number of esters is 1. The smallest absolute Gasteiger partial charge is 0.333 e. The van der Waals surface area contributed by atoms with Gasteiger partial charge >= 0.3 is 5.97 Å². The third-order valence-electron chi connectivity index (χ3n) is 3.33. The van der Waals surface area contributed by atoms with Crippen LogP contribution >= 0.6 is 0 Å². The van der Waals surface area contributed by atoms with Crippen molar-refractivity contribution >= 4 is 5.97 Å². The third kappa shape index (κ3) is 2.37. The van der Waals surface area contributed by atoms with Gasteiger partial charge in [0.1, 0.15) is 6.10 Å². The highest BCUT2D eigenvalue weighted by Gasteiger charge is 2.39. The van der Waals surface area contributed by atoms with E-state index in [2.05, 4.69) is 27.4 Å². The summed E-state index contributed by atoms with van der Waals surface area (Å²) in [5.41, 5.74) is 0.780. The molecule has 0 bridgehead atoms. The second kappa shape index (κ2) is 3.76. The molecule has 1 fully saturated rings. The van der Waals surface area contributed by atoms with Crippen molar-refractivity contribution in [1.82, 2.24) is 0 Å². The number of carbonyl (C=O) groups excluding carboxylic acids is 1. The number of hydrogen-bond acceptors (Lipinski definition) is 2. The first-order chi connectivity index (χ1) is 6.33. The molecule has 80 valence electrons. The Kier molecular flexibility index (Phi) is 3.03. The normalized spacial score (nSPS) is 30.0. The average Bonchev–Trinajstić information content (AvgIpc) is 2.25. The van der Waals surface area contributed by atoms with E-state index >= 15 is 0 Å². The number of hydrogen-bond donors (Lipinski definition) is 0. The Labute approximate surface area is 86.3 Å². The topological polar surface area (TPSA) is 26.3 Å². The highest BCUT2D eigenvalue weighted by molar-refractivity contribution is 5.87. The van der Waals surface area contributed by atoms with Crippen molar-refractivity contribution in [3.63, 3.8) is 0 Å². The summed E-state index contributed by atoms with van der Waals surface area (Å²) in [7, 11) is 0. The van der Waals surface area contributed by atoms with Crippen molar-refractivity contribution in [2.75, 3.05) is 0 Å². The lowest BCUT2D eigenvalue weighted by molar-refractivity contribution is -0.144. The molecule has 1 aliphatic carbocycles. The molecule has 0 aromatic carbocycles. The van der Waals surface area contributed by atoms with E-state index in [-0.39, 0.29) is 12.1 Å². The number of rotatable bonds is 2. The molecule has 0 aromatic rings. The van der Waals surface area contributed by atoms with Crippen LogP contribution in [-0.4, -0.2) is 12.1 Å². The maximum absolute atomic E-state index is 11.3. The molecular weight excluding hydrogens is 176 g/mol. The van der Waals surface area contributed by atoms with Gasteiger partial charge in [0.2, 0.25) is 0 Å². The molecule has 14 heavy (non-hydrogen) atoms. The quantitative estimate of drug-likeness (QED) is 0.501. The zero-order chi connectivity index (χ0) is 10.9. The molecule has 0 spiro atoms. The minimum absolute atomic E-state index is 0.0872. The number of carbonyl (C=O) groups is 1. The van der Waals surface area contributed by atoms with Gasteiger partial charge in [0.25, 0.3) is 0 Å². The Morgan fingerprint density at radius 3 is 2.43 bits per heavy atom. The maximum Gasteiger partial charge on any atom is 0.333 e. The predicted octanol–water partition coefficient (Wildman–Crippen LogP) is 2.93. The minimum atomic E-state index is -0.250. The first-order valence-corrected chi connectivity index (χ1v) is 5.19. The minimum Gasteiger partial charge on any atom is -0.459 e. The van der Waals surface area contributed by atoms with Crippen molar-refractivity contribution in [2.45, 2.75) is 46.6 Å². The van der Waals surface area contributed by atoms with Gasteiger partial charge in [-0.05, 0) is 31.1 Å². The van der Waals surface area contributed by atoms with Crippen LogP contribution in [0.25, 0.3) is 0 Å². The van der Waals surface area contributed by atoms with Crippen LogP contribution in [-0.2, 0) is 9.53 Å². The van der Waals surface area contributed by atoms with Gasteiger partial charge in [-0.25, -0.2) is 4.79 Å². The van der Waals surface area contributed by atoms with Crippen LogP contribution < -0.4 is 0 Å². The van der Waals surface area contributed by atoms with Crippen LogP contribution in [0.5, 0.6) is 0 Å². The maximum atomic E-state index is 11.3. The van der Waals surface area contributed by atoms with Crippen LogP contribution in [0.4, 0.5) is 0 Å². The summed E-state index contributed by atoms with van der Waals surface area (Å²) >= 11 is 0. The van der Waals surface area contributed by atoms with Crippen LogP contribution in [0.1, 0.15) is 40.5 Å². The van der Waals surface area contributed by atoms with Crippen molar-refractivity contribution in [3.8, 4) is 0 Å². The van der Waals surface area contributed by atoms with Crippen molar-refractivity contribution in [2.24, 2.45) is 11.3 Å². The molecule has 0 heterocycles. The average molecular weight is 196 g/mol. The molecule has 2 nitrogen and oxygen atoms in total. The lowest BCUT2D eigenvalue weighted by Gasteiger charge is -2.22. The van der Waals surface area contributed by atoms with Gasteiger partial charge in [-0.1, -0.05) is 27.4 Å². The summed E-state index contributed by atoms with van der Waals surface area (Å²) < 4.78 is 5.34. The van der Waals surface area contributed by atoms with Crippen LogP contribution in [0, 0.1) is 11.3 Å². The Morgan fingerprint density at radius 1 is 1.50 bits per heavy atom. The highest BCUT2D eigenvalue weighted by atomic mass is 16.5. The molecule has 2 atom stereocenters. The summed E-state index contributed by atoms with van der Waals surface area (Å²) in [6, 6.07) is 0. The Balaban J connectivity index is 2.51. The van der Waals surface area contributed by atoms with E-state index < -0.39 is 0 Å². The van der Waals surface area contributed by atoms with Gasteiger partial charge in [-0.15, -0.1) is 0 Å². The van der Waals surface area contributed by atoms with E-state index in [1.54, 1.807) is 6.92 Å². The molecule has 0 aromatic heterocycles. The highest BCUT2D eigenvalue weighted by Crippen LogP contribution is 2.43. The predicted molar refractivity (Wildman–Crippen MR) is 56.9 cm³/mol. The molecule has 1 aliphatic rings. The molecule has 2 heteroatoms. The van der Waals surface area contributed by atoms with Crippen molar-refractivity contribution < 1.29 is 9.53 Å². The molecule has 0 N–H and O–H groups in total. The summed E-state index contributed by atoms with van der Waals surface area (Å²) in [5, 5.41) is 0. The zero-order valence-electron chi connectivity index (χ0n) is 9.59. The second-order valence-corrected chi connectivity index (χ2v) is 5.14. The van der Waals surface area contributed by atoms with E-state index in [1.807, 2.05) is 0 Å². The van der Waals surface area contributed by atoms with Gasteiger partial charge in [0.15, 0.2) is 0 Å². The molecular formula is C12H20O2. The monoisotopic (exact) mass is 196 g/mol. The fourth-order valence-corrected chi connectivity index (χ4v) is 1.93. The van der Waals surface area contributed by atoms with E-state index in [1.165, 1.54) is 0 Å². The zero-order valence-corrected chi connectivity index (χ0v) is 9.59. The van der Waals surface area contributed by atoms with Gasteiger partial charge in [-0.3, -0.25) is 0 Å². The van der Waals surface area contributed by atoms with Crippen molar-refractivity contribution in [3.05, 3.63) is 12.2 Å². The standard InChI is InChI=1S/C12H20O2/c1-8(2)11(13)14-10-6-9(3)12(4,5)7-10/h9-10H,1,6-7H2,2-5H3. The van der Waals surface area contributed by atoms with E-state index in [9.17, 15) is 4.79 Å². The SMILES string of the molecule is C=C(C)C(=O)OC1CC(C)C(C)(C)C1. The Morgan fingerprint density at radius 2 is 2.07 bits per heavy atom. The fraction of sp³-hybridized carbons (Fsp3) is 0.750. The van der Waals surface area contributed by atoms with Crippen LogP contribution in [0.2, 0.25) is 0 Å². The fourth-order valence-electron chi connectivity index (χ4n) is 1.93. The molecule has 0 radical (unpaired) electrons. The molecule has 0 saturated heterocycles. The molecule has 0 aliphatic heterocycles. The van der Waals surface area contributed by atoms with Crippen molar-refractivity contribution in [1.29, 1.82) is 0 Å². The van der Waals surface area contributed by atoms with Gasteiger partial charge in [-0.2, -0.15) is 0 Å². The molecule has 2 unspecified atom stereocenters. The van der Waals surface area contributed by atoms with Crippen LogP contribution in [0.3, 0.4) is 0 Å². The summed E-state index contributed by atoms with van der Waals surface area (Å²) in [6.45, 7) is 11.9. The Hall–Kier alpha value is -0.790. The lowest BCUT2D eigenvalue weighted by Crippen LogP contribution is -2.17. The number of ether oxygens (including phenoxy) is 1. The van der Waals surface area contributed by atoms with E-state index in [4.69, 9.17) is 4.74 Å². The first-order valence-electron chi connectivity index (χ1n) is 5.19. The molecule has 0 amide bonds. The van der Waals surface area contributed by atoms with Gasteiger partial charge in [0.05, 0.1) is 0 Å². The van der Waals surface area contributed by atoms with Gasteiger partial charge < -0.3 is 4.74 Å². The van der Waals surface area contributed by atoms with Gasteiger partial charge in [0, 0.05) is 5.57 Å². The Bertz CT molecular complexity index is 253. The van der Waals surface area contributed by atoms with E-state index in [0.717, 1.165) is 12.8 Å². The molecule has 1 saturated carbocycles. The summed E-state index contributed by atoms with van der Waals surface area (Å²) in [5.74, 6) is 0.366. The second-order valence-electron chi connectivity index (χ2n) is 5.14. The lowest BCUT2D eigenvalue weighted by atomic mass is 9.83. The first kappa shape index (κ1) is 11.3.